The fourth-order valence-corrected chi connectivity index (χ4v) is 3.53. The molecule has 0 aromatic heterocycles. The Labute approximate surface area is 182 Å². The number of carbonyl (C=O) groups is 2. The number of allylic oxidation sites excluding steroid dienone is 1. The van der Waals surface area contributed by atoms with Gasteiger partial charge in [0, 0.05) is 24.6 Å². The second-order valence-electron chi connectivity index (χ2n) is 6.73. The number of ether oxygens (including phenoxy) is 3. The molecule has 0 aliphatic carbocycles. The third kappa shape index (κ3) is 5.75. The number of rotatable bonds is 4. The Bertz CT molecular complexity index is 830. The minimum Gasteiger partial charge on any atom is -0.494 e. The molecule has 2 aliphatic rings. The Balaban J connectivity index is 0.000000386. The van der Waals surface area contributed by atoms with E-state index in [4.69, 9.17) is 14.2 Å². The molecular weight excluding hydrogens is 406 g/mol. The average molecular weight is 434 g/mol. The Morgan fingerprint density at radius 1 is 1.37 bits per heavy atom. The molecule has 2 atom stereocenters. The number of amides is 1. The first-order valence-corrected chi connectivity index (χ1v) is 10.1. The number of carbonyl (C=O) groups excluding carboxylic acids is 2. The third-order valence-electron chi connectivity index (χ3n) is 4.79. The van der Waals surface area contributed by atoms with Crippen LogP contribution in [-0.4, -0.2) is 63.8 Å². The van der Waals surface area contributed by atoms with Gasteiger partial charge in [0.1, 0.15) is 11.7 Å². The van der Waals surface area contributed by atoms with E-state index in [2.05, 4.69) is 29.9 Å². The SMILES string of the molecule is CCOc1ccccc1C1C(C#N)=C(S)NC(=O)C1C(=O)OC.CN1CCOCC1. The quantitative estimate of drug-likeness (QED) is 0.423. The van der Waals surface area contributed by atoms with E-state index in [1.807, 2.05) is 13.0 Å². The Morgan fingerprint density at radius 3 is 2.57 bits per heavy atom. The summed E-state index contributed by atoms with van der Waals surface area (Å²) < 4.78 is 15.4. The Morgan fingerprint density at radius 2 is 2.03 bits per heavy atom. The topological polar surface area (TPSA) is 101 Å². The van der Waals surface area contributed by atoms with Crippen molar-refractivity contribution in [2.45, 2.75) is 12.8 Å². The molecule has 0 spiro atoms. The van der Waals surface area contributed by atoms with Gasteiger partial charge in [-0.05, 0) is 20.0 Å². The van der Waals surface area contributed by atoms with E-state index in [0.717, 1.165) is 26.3 Å². The largest absolute Gasteiger partial charge is 0.494 e. The first-order chi connectivity index (χ1) is 14.4. The lowest BCUT2D eigenvalue weighted by Gasteiger charge is -2.30. The van der Waals surface area contributed by atoms with Crippen LogP contribution in [0.4, 0.5) is 0 Å². The molecule has 1 N–H and O–H groups in total. The number of hydrogen-bond donors (Lipinski definition) is 2. The van der Waals surface area contributed by atoms with Crippen LogP contribution in [0.15, 0.2) is 34.9 Å². The molecule has 9 heteroatoms. The van der Waals surface area contributed by atoms with Crippen molar-refractivity contribution < 1.29 is 23.8 Å². The van der Waals surface area contributed by atoms with E-state index in [9.17, 15) is 14.9 Å². The van der Waals surface area contributed by atoms with Gasteiger partial charge in [-0.2, -0.15) is 5.26 Å². The predicted molar refractivity (Wildman–Crippen MR) is 114 cm³/mol. The van der Waals surface area contributed by atoms with Gasteiger partial charge in [0.15, 0.2) is 0 Å². The molecule has 2 unspecified atom stereocenters. The molecule has 1 amide bonds. The Kier molecular flexibility index (Phi) is 9.17. The number of para-hydroxylation sites is 1. The number of esters is 1. The van der Waals surface area contributed by atoms with Crippen LogP contribution in [-0.2, 0) is 19.1 Å². The zero-order chi connectivity index (χ0) is 22.1. The van der Waals surface area contributed by atoms with Gasteiger partial charge >= 0.3 is 5.97 Å². The van der Waals surface area contributed by atoms with Crippen LogP contribution in [0.2, 0.25) is 0 Å². The molecule has 162 valence electrons. The third-order valence-corrected chi connectivity index (χ3v) is 5.14. The van der Waals surface area contributed by atoms with Crippen LogP contribution in [0, 0.1) is 17.2 Å². The van der Waals surface area contributed by atoms with E-state index in [1.165, 1.54) is 7.11 Å². The summed E-state index contributed by atoms with van der Waals surface area (Å²) in [5, 5.41) is 12.0. The smallest absolute Gasteiger partial charge is 0.319 e. The second-order valence-corrected chi connectivity index (χ2v) is 7.18. The van der Waals surface area contributed by atoms with Gasteiger partial charge in [0.05, 0.1) is 43.6 Å². The van der Waals surface area contributed by atoms with Gasteiger partial charge in [0.2, 0.25) is 5.91 Å². The van der Waals surface area contributed by atoms with Gasteiger partial charge in [-0.25, -0.2) is 0 Å². The second kappa shape index (κ2) is 11.6. The molecule has 1 aromatic carbocycles. The predicted octanol–water partition coefficient (Wildman–Crippen LogP) is 1.70. The maximum Gasteiger partial charge on any atom is 0.319 e. The van der Waals surface area contributed by atoms with Crippen LogP contribution in [0.1, 0.15) is 18.4 Å². The van der Waals surface area contributed by atoms with Crippen molar-refractivity contribution >= 4 is 24.5 Å². The molecule has 1 aromatic rings. The van der Waals surface area contributed by atoms with Gasteiger partial charge in [-0.3, -0.25) is 9.59 Å². The van der Waals surface area contributed by atoms with Gasteiger partial charge in [-0.1, -0.05) is 18.2 Å². The molecular formula is C21H27N3O5S. The van der Waals surface area contributed by atoms with E-state index < -0.39 is 23.7 Å². The molecule has 0 saturated carbocycles. The monoisotopic (exact) mass is 433 g/mol. The number of thiol groups is 1. The summed E-state index contributed by atoms with van der Waals surface area (Å²) in [5.41, 5.74) is 0.762. The van der Waals surface area contributed by atoms with E-state index in [1.54, 1.807) is 24.3 Å². The summed E-state index contributed by atoms with van der Waals surface area (Å²) in [6.07, 6.45) is 0. The lowest BCUT2D eigenvalue weighted by atomic mass is 9.78. The highest BCUT2D eigenvalue weighted by atomic mass is 32.1. The zero-order valence-electron chi connectivity index (χ0n) is 17.4. The molecule has 1 fully saturated rings. The molecule has 3 rings (SSSR count). The zero-order valence-corrected chi connectivity index (χ0v) is 18.3. The summed E-state index contributed by atoms with van der Waals surface area (Å²) in [7, 11) is 3.32. The van der Waals surface area contributed by atoms with Crippen LogP contribution >= 0.6 is 12.6 Å². The fourth-order valence-electron chi connectivity index (χ4n) is 3.23. The van der Waals surface area contributed by atoms with Crippen molar-refractivity contribution in [3.63, 3.8) is 0 Å². The maximum atomic E-state index is 12.3. The number of nitrogens with zero attached hydrogens (tertiary/aromatic N) is 2. The minimum atomic E-state index is -1.17. The van der Waals surface area contributed by atoms with Crippen molar-refractivity contribution in [2.24, 2.45) is 5.92 Å². The number of nitriles is 1. The molecule has 30 heavy (non-hydrogen) atoms. The van der Waals surface area contributed by atoms with Gasteiger partial charge < -0.3 is 24.4 Å². The van der Waals surface area contributed by atoms with Crippen molar-refractivity contribution in [3.05, 3.63) is 40.4 Å². The summed E-state index contributed by atoms with van der Waals surface area (Å²) in [4.78, 5) is 26.7. The summed E-state index contributed by atoms with van der Waals surface area (Å²) >= 11 is 4.16. The van der Waals surface area contributed by atoms with Crippen LogP contribution in [0.3, 0.4) is 0 Å². The molecule has 0 radical (unpaired) electrons. The highest BCUT2D eigenvalue weighted by Crippen LogP contribution is 2.41. The Hall–Kier alpha value is -2.54. The van der Waals surface area contributed by atoms with E-state index in [0.29, 0.717) is 17.9 Å². The maximum absolute atomic E-state index is 12.3. The normalized spacial score (nSPS) is 21.6. The lowest BCUT2D eigenvalue weighted by Crippen LogP contribution is -2.43. The fraction of sp³-hybridized carbons (Fsp3) is 0.476. The summed E-state index contributed by atoms with van der Waals surface area (Å²) in [6, 6.07) is 9.02. The number of likely N-dealkylation sites (N-methyl/N-ethyl adjacent to an activating group) is 1. The standard InChI is InChI=1S/C16H16N2O4S.C5H11NO/c1-3-22-11-7-5-4-6-9(11)12-10(8-17)15(23)18-14(19)13(12)16(20)21-2;1-6-2-4-7-5-3-6/h4-7,12-13,23H,3H2,1-2H3,(H,18,19);2-5H2,1H3. The molecule has 1 saturated heterocycles. The van der Waals surface area contributed by atoms with Gasteiger partial charge in [-0.15, -0.1) is 12.6 Å². The average Bonchev–Trinajstić information content (AvgIpc) is 2.74. The number of morpholine rings is 1. The minimum absolute atomic E-state index is 0.133. The molecule has 8 nitrogen and oxygen atoms in total. The van der Waals surface area contributed by atoms with Crippen LogP contribution < -0.4 is 10.1 Å². The lowest BCUT2D eigenvalue weighted by molar-refractivity contribution is -0.150. The van der Waals surface area contributed by atoms with Crippen LogP contribution in [0.25, 0.3) is 0 Å². The molecule has 2 heterocycles. The highest BCUT2D eigenvalue weighted by molar-refractivity contribution is 7.84. The number of benzene rings is 1. The highest BCUT2D eigenvalue weighted by Gasteiger charge is 2.44. The summed E-state index contributed by atoms with van der Waals surface area (Å²) in [6.45, 7) is 6.26. The number of nitrogens with one attached hydrogen (secondary N) is 1. The van der Waals surface area contributed by atoms with E-state index >= 15 is 0 Å². The first kappa shape index (κ1) is 23.7. The molecule has 0 bridgehead atoms. The summed E-state index contributed by atoms with van der Waals surface area (Å²) in [5.74, 6) is -2.74. The van der Waals surface area contributed by atoms with E-state index in [-0.39, 0.29) is 10.6 Å². The van der Waals surface area contributed by atoms with Crippen molar-refractivity contribution in [3.8, 4) is 11.8 Å². The van der Waals surface area contributed by atoms with Gasteiger partial charge in [0.25, 0.3) is 0 Å². The van der Waals surface area contributed by atoms with Crippen molar-refractivity contribution in [2.75, 3.05) is 47.1 Å². The van der Waals surface area contributed by atoms with Crippen LogP contribution in [0.5, 0.6) is 5.75 Å². The number of methoxy groups -OCH3 is 1. The molecule has 2 aliphatic heterocycles. The number of hydrogen-bond acceptors (Lipinski definition) is 8. The van der Waals surface area contributed by atoms with Crippen molar-refractivity contribution in [1.82, 2.24) is 10.2 Å². The van der Waals surface area contributed by atoms with Crippen molar-refractivity contribution in [1.29, 1.82) is 5.26 Å². The first-order valence-electron chi connectivity index (χ1n) is 9.64.